The first-order chi connectivity index (χ1) is 12.2. The highest BCUT2D eigenvalue weighted by Crippen LogP contribution is 2.24. The molecule has 0 fully saturated rings. The predicted octanol–water partition coefficient (Wildman–Crippen LogP) is 3.13. The Morgan fingerprint density at radius 2 is 2.08 bits per heavy atom. The molecule has 4 rings (SSSR count). The number of para-hydroxylation sites is 2. The monoisotopic (exact) mass is 338 g/mol. The molecule has 2 N–H and O–H groups in total. The van der Waals surface area contributed by atoms with E-state index in [1.165, 1.54) is 0 Å². The fourth-order valence-electron chi connectivity index (χ4n) is 2.69. The number of benzene rings is 1. The average molecular weight is 338 g/mol. The molecule has 1 atom stereocenters. The summed E-state index contributed by atoms with van der Waals surface area (Å²) >= 11 is 0. The van der Waals surface area contributed by atoms with Crippen LogP contribution < -0.4 is 5.32 Å². The third-order valence-corrected chi connectivity index (χ3v) is 3.85. The standard InChI is InChI=1S/C18H18N4O3/c1-12(23)10-19-18-20-14-5-2-3-6-15(14)22(18)11-13-9-17(25-21-13)16-7-4-8-24-16/h2-9,12,23H,10-11H2,1H3,(H,19,20)/t12-/m0/s1. The summed E-state index contributed by atoms with van der Waals surface area (Å²) in [5, 5.41) is 16.9. The van der Waals surface area contributed by atoms with Crippen LogP contribution in [0.3, 0.4) is 0 Å². The third kappa shape index (κ3) is 3.14. The number of fused-ring (bicyclic) bond motifs is 1. The van der Waals surface area contributed by atoms with Gasteiger partial charge in [-0.1, -0.05) is 17.3 Å². The van der Waals surface area contributed by atoms with Gasteiger partial charge in [-0.3, -0.25) is 0 Å². The minimum atomic E-state index is -0.467. The van der Waals surface area contributed by atoms with Crippen LogP contribution in [-0.4, -0.2) is 32.5 Å². The van der Waals surface area contributed by atoms with E-state index in [1.807, 2.05) is 41.0 Å². The molecule has 3 heterocycles. The van der Waals surface area contributed by atoms with E-state index >= 15 is 0 Å². The van der Waals surface area contributed by atoms with Gasteiger partial charge in [-0.15, -0.1) is 0 Å². The van der Waals surface area contributed by atoms with E-state index in [0.29, 0.717) is 30.6 Å². The number of aromatic nitrogens is 3. The van der Waals surface area contributed by atoms with E-state index < -0.39 is 6.10 Å². The van der Waals surface area contributed by atoms with Crippen molar-refractivity contribution in [3.8, 4) is 11.5 Å². The molecule has 0 aliphatic carbocycles. The second-order valence-corrected chi connectivity index (χ2v) is 5.90. The molecular weight excluding hydrogens is 320 g/mol. The number of furan rings is 1. The number of nitrogens with zero attached hydrogens (tertiary/aromatic N) is 3. The zero-order valence-electron chi connectivity index (χ0n) is 13.7. The van der Waals surface area contributed by atoms with Crippen LogP contribution in [0.2, 0.25) is 0 Å². The fourth-order valence-corrected chi connectivity index (χ4v) is 2.69. The van der Waals surface area contributed by atoms with Crippen molar-refractivity contribution >= 4 is 17.0 Å². The van der Waals surface area contributed by atoms with Crippen LogP contribution >= 0.6 is 0 Å². The van der Waals surface area contributed by atoms with Crippen LogP contribution in [0.5, 0.6) is 0 Å². The fraction of sp³-hybridized carbons (Fsp3) is 0.222. The number of anilines is 1. The first-order valence-electron chi connectivity index (χ1n) is 8.07. The maximum absolute atomic E-state index is 9.54. The van der Waals surface area contributed by atoms with Gasteiger partial charge in [-0.25, -0.2) is 4.98 Å². The highest BCUT2D eigenvalue weighted by Gasteiger charge is 2.15. The Morgan fingerprint density at radius 3 is 2.88 bits per heavy atom. The molecule has 0 aliphatic heterocycles. The van der Waals surface area contributed by atoms with Crippen molar-refractivity contribution in [2.45, 2.75) is 19.6 Å². The third-order valence-electron chi connectivity index (χ3n) is 3.85. The second-order valence-electron chi connectivity index (χ2n) is 5.90. The molecule has 0 bridgehead atoms. The molecule has 1 aromatic carbocycles. The molecule has 128 valence electrons. The van der Waals surface area contributed by atoms with Crippen molar-refractivity contribution in [3.05, 3.63) is 54.4 Å². The quantitative estimate of drug-likeness (QED) is 0.561. The normalized spacial score (nSPS) is 12.6. The van der Waals surface area contributed by atoms with E-state index in [2.05, 4.69) is 15.5 Å². The molecule has 0 amide bonds. The molecule has 7 nitrogen and oxygen atoms in total. The van der Waals surface area contributed by atoms with Gasteiger partial charge in [0.25, 0.3) is 0 Å². The number of rotatable bonds is 6. The SMILES string of the molecule is C[C@H](O)CNc1nc2ccccc2n1Cc1cc(-c2ccco2)on1. The molecule has 0 aliphatic rings. The Balaban J connectivity index is 1.67. The Labute approximate surface area is 143 Å². The Kier molecular flexibility index (Phi) is 3.99. The lowest BCUT2D eigenvalue weighted by molar-refractivity contribution is 0.208. The van der Waals surface area contributed by atoms with Gasteiger partial charge < -0.3 is 23.9 Å². The van der Waals surface area contributed by atoms with Crippen molar-refractivity contribution in [1.82, 2.24) is 14.7 Å². The summed E-state index contributed by atoms with van der Waals surface area (Å²) in [4.78, 5) is 4.60. The highest BCUT2D eigenvalue weighted by atomic mass is 16.5. The van der Waals surface area contributed by atoms with E-state index in [1.54, 1.807) is 19.3 Å². The van der Waals surface area contributed by atoms with Gasteiger partial charge in [0.2, 0.25) is 11.7 Å². The van der Waals surface area contributed by atoms with Crippen molar-refractivity contribution in [1.29, 1.82) is 0 Å². The molecule has 7 heteroatoms. The van der Waals surface area contributed by atoms with Crippen LogP contribution in [0.25, 0.3) is 22.6 Å². The summed E-state index contributed by atoms with van der Waals surface area (Å²) in [5.41, 5.74) is 2.62. The van der Waals surface area contributed by atoms with Gasteiger partial charge >= 0.3 is 0 Å². The Hall–Kier alpha value is -3.06. The summed E-state index contributed by atoms with van der Waals surface area (Å²) in [6.07, 6.45) is 1.13. The van der Waals surface area contributed by atoms with Crippen LogP contribution in [0.15, 0.2) is 57.7 Å². The Morgan fingerprint density at radius 1 is 1.20 bits per heavy atom. The van der Waals surface area contributed by atoms with Gasteiger partial charge in [0.05, 0.1) is 29.9 Å². The number of nitrogens with one attached hydrogen (secondary N) is 1. The molecule has 25 heavy (non-hydrogen) atoms. The lowest BCUT2D eigenvalue weighted by Crippen LogP contribution is -2.18. The van der Waals surface area contributed by atoms with Crippen molar-refractivity contribution in [2.24, 2.45) is 0 Å². The highest BCUT2D eigenvalue weighted by molar-refractivity contribution is 5.78. The summed E-state index contributed by atoms with van der Waals surface area (Å²) in [5.74, 6) is 1.91. The summed E-state index contributed by atoms with van der Waals surface area (Å²) in [6, 6.07) is 13.4. The number of imidazole rings is 1. The predicted molar refractivity (Wildman–Crippen MR) is 93.2 cm³/mol. The van der Waals surface area contributed by atoms with Crippen molar-refractivity contribution in [3.63, 3.8) is 0 Å². The Bertz CT molecular complexity index is 969. The first-order valence-corrected chi connectivity index (χ1v) is 8.07. The van der Waals surface area contributed by atoms with Crippen LogP contribution in [0.1, 0.15) is 12.6 Å². The zero-order valence-corrected chi connectivity index (χ0v) is 13.7. The minimum absolute atomic E-state index is 0.416. The summed E-state index contributed by atoms with van der Waals surface area (Å²) < 4.78 is 12.7. The maximum Gasteiger partial charge on any atom is 0.204 e. The lowest BCUT2D eigenvalue weighted by Gasteiger charge is -2.10. The van der Waals surface area contributed by atoms with Crippen LogP contribution in [0, 0.1) is 0 Å². The van der Waals surface area contributed by atoms with Crippen LogP contribution in [-0.2, 0) is 6.54 Å². The average Bonchev–Trinajstić information content (AvgIpc) is 3.33. The summed E-state index contributed by atoms with van der Waals surface area (Å²) in [6.45, 7) is 2.64. The number of aliphatic hydroxyl groups is 1. The topological polar surface area (TPSA) is 89.2 Å². The van der Waals surface area contributed by atoms with E-state index in [9.17, 15) is 5.11 Å². The van der Waals surface area contributed by atoms with Gasteiger partial charge in [0.1, 0.15) is 5.69 Å². The van der Waals surface area contributed by atoms with E-state index in [4.69, 9.17) is 8.94 Å². The first kappa shape index (κ1) is 15.5. The van der Waals surface area contributed by atoms with E-state index in [-0.39, 0.29) is 0 Å². The number of hydrogen-bond acceptors (Lipinski definition) is 6. The molecule has 0 unspecified atom stereocenters. The largest absolute Gasteiger partial charge is 0.461 e. The van der Waals surface area contributed by atoms with Crippen molar-refractivity contribution in [2.75, 3.05) is 11.9 Å². The molecule has 3 aromatic heterocycles. The molecule has 0 saturated carbocycles. The zero-order chi connectivity index (χ0) is 17.2. The number of hydrogen-bond donors (Lipinski definition) is 2. The lowest BCUT2D eigenvalue weighted by atomic mass is 10.3. The van der Waals surface area contributed by atoms with E-state index in [0.717, 1.165) is 16.7 Å². The van der Waals surface area contributed by atoms with Gasteiger partial charge in [0.15, 0.2) is 5.76 Å². The van der Waals surface area contributed by atoms with Gasteiger partial charge in [-0.05, 0) is 31.2 Å². The van der Waals surface area contributed by atoms with Crippen molar-refractivity contribution < 1.29 is 14.0 Å². The molecule has 0 spiro atoms. The van der Waals surface area contributed by atoms with Gasteiger partial charge in [0, 0.05) is 12.6 Å². The molecule has 4 aromatic rings. The summed E-state index contributed by atoms with van der Waals surface area (Å²) in [7, 11) is 0. The molecule has 0 radical (unpaired) electrons. The smallest absolute Gasteiger partial charge is 0.204 e. The van der Waals surface area contributed by atoms with Gasteiger partial charge in [-0.2, -0.15) is 0 Å². The van der Waals surface area contributed by atoms with Crippen LogP contribution in [0.4, 0.5) is 5.95 Å². The molecule has 0 saturated heterocycles. The maximum atomic E-state index is 9.54. The minimum Gasteiger partial charge on any atom is -0.461 e. The number of aliphatic hydroxyl groups excluding tert-OH is 1. The molecular formula is C18H18N4O3. The second kappa shape index (κ2) is 6.45.